The summed E-state index contributed by atoms with van der Waals surface area (Å²) in [6.07, 6.45) is 0. The van der Waals surface area contributed by atoms with E-state index in [1.54, 1.807) is 61.7 Å². The quantitative estimate of drug-likeness (QED) is 0.345. The topological polar surface area (TPSA) is 66.8 Å². The molecule has 1 aliphatic rings. The molecule has 3 aromatic carbocycles. The molecule has 0 aliphatic carbocycles. The Kier molecular flexibility index (Phi) is 5.53. The van der Waals surface area contributed by atoms with Crippen molar-refractivity contribution in [2.75, 3.05) is 12.0 Å². The van der Waals surface area contributed by atoms with Gasteiger partial charge in [-0.25, -0.2) is 0 Å². The van der Waals surface area contributed by atoms with Crippen LogP contribution in [0, 0.1) is 6.92 Å². The van der Waals surface area contributed by atoms with E-state index in [0.29, 0.717) is 27.6 Å². The first-order valence-corrected chi connectivity index (χ1v) is 10.1. The molecule has 0 aromatic heterocycles. The number of hydrogen-bond donors (Lipinski definition) is 1. The maximum absolute atomic E-state index is 13.2. The number of aliphatic hydroxyl groups excluding tert-OH is 1. The summed E-state index contributed by atoms with van der Waals surface area (Å²) < 4.78 is 5.24. The van der Waals surface area contributed by atoms with E-state index in [0.717, 1.165) is 5.56 Å². The summed E-state index contributed by atoms with van der Waals surface area (Å²) >= 11 is 5.96. The number of ether oxygens (including phenoxy) is 1. The van der Waals surface area contributed by atoms with E-state index in [2.05, 4.69) is 0 Å². The molecule has 1 amide bonds. The van der Waals surface area contributed by atoms with Crippen molar-refractivity contribution >= 4 is 34.7 Å². The molecule has 1 N–H and O–H groups in total. The highest BCUT2D eigenvalue weighted by atomic mass is 35.5. The minimum Gasteiger partial charge on any atom is -0.507 e. The first-order chi connectivity index (χ1) is 14.9. The zero-order valence-corrected chi connectivity index (χ0v) is 17.8. The monoisotopic (exact) mass is 433 g/mol. The Morgan fingerprint density at radius 1 is 0.968 bits per heavy atom. The van der Waals surface area contributed by atoms with Gasteiger partial charge < -0.3 is 9.84 Å². The molecule has 1 heterocycles. The number of hydrogen-bond acceptors (Lipinski definition) is 4. The second-order valence-electron chi connectivity index (χ2n) is 7.24. The zero-order chi connectivity index (χ0) is 22.1. The van der Waals surface area contributed by atoms with Crippen LogP contribution >= 0.6 is 11.6 Å². The molecule has 3 aromatic rings. The van der Waals surface area contributed by atoms with Crippen molar-refractivity contribution in [3.63, 3.8) is 0 Å². The van der Waals surface area contributed by atoms with E-state index >= 15 is 0 Å². The molecule has 1 fully saturated rings. The third-order valence-corrected chi connectivity index (χ3v) is 5.62. The van der Waals surface area contributed by atoms with Crippen LogP contribution in [-0.4, -0.2) is 23.9 Å². The minimum atomic E-state index is -0.789. The van der Waals surface area contributed by atoms with Gasteiger partial charge in [-0.3, -0.25) is 14.5 Å². The molecule has 31 heavy (non-hydrogen) atoms. The van der Waals surface area contributed by atoms with Gasteiger partial charge in [-0.1, -0.05) is 41.9 Å². The molecule has 6 heteroatoms. The molecule has 1 saturated heterocycles. The zero-order valence-electron chi connectivity index (χ0n) is 17.0. The Balaban J connectivity index is 1.95. The fourth-order valence-corrected chi connectivity index (χ4v) is 3.91. The molecule has 0 spiro atoms. The average Bonchev–Trinajstić information content (AvgIpc) is 3.05. The lowest BCUT2D eigenvalue weighted by Gasteiger charge is -2.27. The van der Waals surface area contributed by atoms with E-state index in [9.17, 15) is 14.7 Å². The molecular weight excluding hydrogens is 414 g/mol. The standard InChI is InChI=1S/C25H20ClNO4/c1-15-5-3-4-6-20(15)27-22(16-9-13-19(31-2)14-10-16)21(24(29)25(27)30)23(28)17-7-11-18(26)12-8-17/h3-14,22,28H,1-2H3/t22-/m0/s1. The van der Waals surface area contributed by atoms with Gasteiger partial charge in [-0.05, 0) is 60.5 Å². The van der Waals surface area contributed by atoms with Crippen LogP contribution in [0.15, 0.2) is 78.4 Å². The lowest BCUT2D eigenvalue weighted by Crippen LogP contribution is -2.30. The summed E-state index contributed by atoms with van der Waals surface area (Å²) in [6.45, 7) is 1.87. The number of amides is 1. The number of carbonyl (C=O) groups excluding carboxylic acids is 2. The predicted molar refractivity (Wildman–Crippen MR) is 120 cm³/mol. The number of para-hydroxylation sites is 1. The number of nitrogens with zero attached hydrogens (tertiary/aromatic N) is 1. The highest BCUT2D eigenvalue weighted by molar-refractivity contribution is 6.51. The van der Waals surface area contributed by atoms with Crippen molar-refractivity contribution < 1.29 is 19.4 Å². The number of ketones is 1. The Bertz CT molecular complexity index is 1180. The molecule has 0 saturated carbocycles. The molecule has 4 rings (SSSR count). The minimum absolute atomic E-state index is 0.0285. The van der Waals surface area contributed by atoms with E-state index in [1.807, 2.05) is 25.1 Å². The van der Waals surface area contributed by atoms with Gasteiger partial charge in [0.1, 0.15) is 11.5 Å². The molecular formula is C25H20ClNO4. The van der Waals surface area contributed by atoms with Crippen molar-refractivity contribution in [1.82, 2.24) is 0 Å². The number of methoxy groups -OCH3 is 1. The molecule has 0 unspecified atom stereocenters. The van der Waals surface area contributed by atoms with E-state index in [-0.39, 0.29) is 11.3 Å². The summed E-state index contributed by atoms with van der Waals surface area (Å²) in [4.78, 5) is 27.7. The lowest BCUT2D eigenvalue weighted by molar-refractivity contribution is -0.132. The Morgan fingerprint density at radius 2 is 1.61 bits per heavy atom. The second kappa shape index (κ2) is 8.28. The van der Waals surface area contributed by atoms with Crippen LogP contribution < -0.4 is 9.64 Å². The Morgan fingerprint density at radius 3 is 2.23 bits per heavy atom. The smallest absolute Gasteiger partial charge is 0.300 e. The number of carbonyl (C=O) groups is 2. The summed E-state index contributed by atoms with van der Waals surface area (Å²) in [7, 11) is 1.56. The summed E-state index contributed by atoms with van der Waals surface area (Å²) in [5.41, 5.74) is 2.57. The van der Waals surface area contributed by atoms with Crippen LogP contribution in [0.2, 0.25) is 5.02 Å². The van der Waals surface area contributed by atoms with E-state index in [4.69, 9.17) is 16.3 Å². The van der Waals surface area contributed by atoms with Crippen molar-refractivity contribution in [1.29, 1.82) is 0 Å². The largest absolute Gasteiger partial charge is 0.507 e. The fraction of sp³-hybridized carbons (Fsp3) is 0.120. The van der Waals surface area contributed by atoms with Crippen LogP contribution in [0.4, 0.5) is 5.69 Å². The van der Waals surface area contributed by atoms with E-state index < -0.39 is 17.7 Å². The van der Waals surface area contributed by atoms with Crippen molar-refractivity contribution in [2.24, 2.45) is 0 Å². The van der Waals surface area contributed by atoms with Crippen LogP contribution in [0.25, 0.3) is 5.76 Å². The maximum Gasteiger partial charge on any atom is 0.300 e. The summed E-state index contributed by atoms with van der Waals surface area (Å²) in [5.74, 6) is -1.02. The molecule has 0 radical (unpaired) electrons. The van der Waals surface area contributed by atoms with Gasteiger partial charge in [-0.15, -0.1) is 0 Å². The average molecular weight is 434 g/mol. The van der Waals surface area contributed by atoms with Gasteiger partial charge in [0.05, 0.1) is 18.7 Å². The molecule has 156 valence electrons. The van der Waals surface area contributed by atoms with Gasteiger partial charge in [0.25, 0.3) is 11.7 Å². The predicted octanol–water partition coefficient (Wildman–Crippen LogP) is 5.28. The number of halogens is 1. The SMILES string of the molecule is COc1ccc([C@H]2C(=C(O)c3ccc(Cl)cc3)C(=O)C(=O)N2c2ccccc2C)cc1. The number of aliphatic hydroxyl groups is 1. The van der Waals surface area contributed by atoms with Crippen molar-refractivity contribution in [3.05, 3.63) is 100 Å². The molecule has 0 bridgehead atoms. The van der Waals surface area contributed by atoms with Crippen molar-refractivity contribution in [2.45, 2.75) is 13.0 Å². The number of benzene rings is 3. The Labute approximate surface area is 185 Å². The van der Waals surface area contributed by atoms with Gasteiger partial charge >= 0.3 is 0 Å². The first kappa shape index (κ1) is 20.7. The summed E-state index contributed by atoms with van der Waals surface area (Å²) in [5, 5.41) is 11.6. The summed E-state index contributed by atoms with van der Waals surface area (Å²) in [6, 6.07) is 20.1. The molecule has 1 aliphatic heterocycles. The second-order valence-corrected chi connectivity index (χ2v) is 7.67. The third-order valence-electron chi connectivity index (χ3n) is 5.37. The number of Topliss-reactive ketones (excluding diaryl/α,β-unsaturated/α-hetero) is 1. The first-order valence-electron chi connectivity index (χ1n) is 9.69. The van der Waals surface area contributed by atoms with Gasteiger partial charge in [0, 0.05) is 16.3 Å². The van der Waals surface area contributed by atoms with Gasteiger partial charge in [0.15, 0.2) is 0 Å². The maximum atomic E-state index is 13.2. The van der Waals surface area contributed by atoms with Gasteiger partial charge in [0.2, 0.25) is 0 Å². The fourth-order valence-electron chi connectivity index (χ4n) is 3.78. The highest BCUT2D eigenvalue weighted by Gasteiger charge is 2.47. The number of rotatable bonds is 4. The van der Waals surface area contributed by atoms with Crippen LogP contribution in [0.3, 0.4) is 0 Å². The number of aryl methyl sites for hydroxylation is 1. The highest BCUT2D eigenvalue weighted by Crippen LogP contribution is 2.43. The van der Waals surface area contributed by atoms with Crippen molar-refractivity contribution in [3.8, 4) is 5.75 Å². The van der Waals surface area contributed by atoms with Crippen LogP contribution in [0.1, 0.15) is 22.7 Å². The van der Waals surface area contributed by atoms with Crippen LogP contribution in [-0.2, 0) is 9.59 Å². The third kappa shape index (κ3) is 3.68. The van der Waals surface area contributed by atoms with Crippen LogP contribution in [0.5, 0.6) is 5.75 Å². The number of anilines is 1. The Hall–Kier alpha value is -3.57. The molecule has 5 nitrogen and oxygen atoms in total. The lowest BCUT2D eigenvalue weighted by atomic mass is 9.95. The van der Waals surface area contributed by atoms with E-state index in [1.165, 1.54) is 4.90 Å². The molecule has 1 atom stereocenters. The van der Waals surface area contributed by atoms with Gasteiger partial charge in [-0.2, -0.15) is 0 Å². The normalized spacial score (nSPS) is 17.8.